The van der Waals surface area contributed by atoms with Crippen LogP contribution in [0.4, 0.5) is 5.69 Å². The third kappa shape index (κ3) is 4.72. The number of methoxy groups -OCH3 is 3. The summed E-state index contributed by atoms with van der Waals surface area (Å²) in [5, 5.41) is 2.89. The monoisotopic (exact) mass is 315 g/mol. The van der Waals surface area contributed by atoms with Gasteiger partial charge in [-0.1, -0.05) is 12.1 Å². The van der Waals surface area contributed by atoms with Crippen molar-refractivity contribution in [3.8, 4) is 11.5 Å². The molecular formula is C18H21NO4. The van der Waals surface area contributed by atoms with Crippen LogP contribution < -0.4 is 14.8 Å². The third-order valence-corrected chi connectivity index (χ3v) is 3.36. The van der Waals surface area contributed by atoms with Crippen LogP contribution in [0.1, 0.15) is 11.1 Å². The summed E-state index contributed by atoms with van der Waals surface area (Å²) in [7, 11) is 4.81. The van der Waals surface area contributed by atoms with Gasteiger partial charge in [0.1, 0.15) is 11.5 Å². The standard InChI is InChI=1S/C18H21NO4/c1-21-12-13-5-4-6-15(9-13)19-18(20)11-14-10-16(22-2)7-8-17(14)23-3/h4-10H,11-12H2,1-3H3,(H,19,20). The lowest BCUT2D eigenvalue weighted by atomic mass is 10.1. The zero-order valence-electron chi connectivity index (χ0n) is 13.6. The van der Waals surface area contributed by atoms with Crippen LogP contribution in [0.2, 0.25) is 0 Å². The predicted molar refractivity (Wildman–Crippen MR) is 89.0 cm³/mol. The Morgan fingerprint density at radius 3 is 2.57 bits per heavy atom. The number of ether oxygens (including phenoxy) is 3. The topological polar surface area (TPSA) is 56.8 Å². The number of amides is 1. The first-order valence-electron chi connectivity index (χ1n) is 7.25. The van der Waals surface area contributed by atoms with Gasteiger partial charge in [0.25, 0.3) is 0 Å². The van der Waals surface area contributed by atoms with E-state index in [2.05, 4.69) is 5.32 Å². The number of carbonyl (C=O) groups excluding carboxylic acids is 1. The van der Waals surface area contributed by atoms with E-state index < -0.39 is 0 Å². The van der Waals surface area contributed by atoms with Gasteiger partial charge in [0, 0.05) is 18.4 Å². The fourth-order valence-corrected chi connectivity index (χ4v) is 2.30. The minimum absolute atomic E-state index is 0.119. The molecule has 0 unspecified atom stereocenters. The second-order valence-corrected chi connectivity index (χ2v) is 5.04. The quantitative estimate of drug-likeness (QED) is 0.853. The minimum atomic E-state index is -0.119. The van der Waals surface area contributed by atoms with Gasteiger partial charge in [-0.3, -0.25) is 4.79 Å². The summed E-state index contributed by atoms with van der Waals surface area (Å²) in [4.78, 5) is 12.3. The molecule has 1 N–H and O–H groups in total. The van der Waals surface area contributed by atoms with Gasteiger partial charge in [-0.15, -0.1) is 0 Å². The lowest BCUT2D eigenvalue weighted by Crippen LogP contribution is -2.15. The van der Waals surface area contributed by atoms with Crippen LogP contribution in [0, 0.1) is 0 Å². The zero-order valence-corrected chi connectivity index (χ0v) is 13.6. The number of nitrogens with one attached hydrogen (secondary N) is 1. The molecule has 0 fully saturated rings. The predicted octanol–water partition coefficient (Wildman–Crippen LogP) is 3.03. The van der Waals surface area contributed by atoms with Gasteiger partial charge in [-0.05, 0) is 35.9 Å². The zero-order chi connectivity index (χ0) is 16.7. The summed E-state index contributed by atoms with van der Waals surface area (Å²) < 4.78 is 15.6. The third-order valence-electron chi connectivity index (χ3n) is 3.36. The van der Waals surface area contributed by atoms with E-state index in [1.807, 2.05) is 24.3 Å². The average Bonchev–Trinajstić information content (AvgIpc) is 2.55. The van der Waals surface area contributed by atoms with E-state index in [1.54, 1.807) is 39.5 Å². The van der Waals surface area contributed by atoms with E-state index in [-0.39, 0.29) is 12.3 Å². The first-order chi connectivity index (χ1) is 11.2. The largest absolute Gasteiger partial charge is 0.497 e. The molecule has 0 spiro atoms. The number of carbonyl (C=O) groups is 1. The van der Waals surface area contributed by atoms with E-state index in [0.717, 1.165) is 16.8 Å². The first kappa shape index (κ1) is 16.8. The van der Waals surface area contributed by atoms with Crippen LogP contribution >= 0.6 is 0 Å². The normalized spacial score (nSPS) is 10.2. The molecule has 0 saturated heterocycles. The summed E-state index contributed by atoms with van der Waals surface area (Å²) >= 11 is 0. The van der Waals surface area contributed by atoms with Gasteiger partial charge in [0.05, 0.1) is 27.2 Å². The molecule has 0 bridgehead atoms. The minimum Gasteiger partial charge on any atom is -0.497 e. The number of hydrogen-bond donors (Lipinski definition) is 1. The molecule has 0 aliphatic rings. The second-order valence-electron chi connectivity index (χ2n) is 5.04. The van der Waals surface area contributed by atoms with Crippen LogP contribution in [0.25, 0.3) is 0 Å². The van der Waals surface area contributed by atoms with Gasteiger partial charge in [-0.25, -0.2) is 0 Å². The van der Waals surface area contributed by atoms with Crippen molar-refractivity contribution in [3.05, 3.63) is 53.6 Å². The molecule has 0 atom stereocenters. The van der Waals surface area contributed by atoms with Crippen molar-refractivity contribution in [1.29, 1.82) is 0 Å². The summed E-state index contributed by atoms with van der Waals surface area (Å²) in [5.74, 6) is 1.23. The summed E-state index contributed by atoms with van der Waals surface area (Å²) in [5.41, 5.74) is 2.52. The van der Waals surface area contributed by atoms with E-state index in [9.17, 15) is 4.79 Å². The SMILES string of the molecule is COCc1cccc(NC(=O)Cc2cc(OC)ccc2OC)c1. The van der Waals surface area contributed by atoms with Crippen molar-refractivity contribution in [3.63, 3.8) is 0 Å². The second kappa shape index (κ2) is 8.19. The van der Waals surface area contributed by atoms with Crippen molar-refractivity contribution in [2.75, 3.05) is 26.6 Å². The van der Waals surface area contributed by atoms with E-state index >= 15 is 0 Å². The molecule has 2 rings (SSSR count). The van der Waals surface area contributed by atoms with Gasteiger partial charge < -0.3 is 19.5 Å². The Bertz CT molecular complexity index is 670. The van der Waals surface area contributed by atoms with E-state index in [0.29, 0.717) is 18.1 Å². The fourth-order valence-electron chi connectivity index (χ4n) is 2.30. The highest BCUT2D eigenvalue weighted by molar-refractivity contribution is 5.92. The Labute approximate surface area is 136 Å². The molecule has 5 nitrogen and oxygen atoms in total. The maximum atomic E-state index is 12.3. The number of rotatable bonds is 7. The molecule has 0 heterocycles. The van der Waals surface area contributed by atoms with Gasteiger partial charge in [0.2, 0.25) is 5.91 Å². The van der Waals surface area contributed by atoms with Crippen molar-refractivity contribution in [2.45, 2.75) is 13.0 Å². The van der Waals surface area contributed by atoms with Gasteiger partial charge >= 0.3 is 0 Å². The number of hydrogen-bond acceptors (Lipinski definition) is 4. The average molecular weight is 315 g/mol. The van der Waals surface area contributed by atoms with Crippen molar-refractivity contribution >= 4 is 11.6 Å². The molecule has 2 aromatic carbocycles. The lowest BCUT2D eigenvalue weighted by molar-refractivity contribution is -0.115. The Kier molecular flexibility index (Phi) is 6.00. The van der Waals surface area contributed by atoms with Crippen LogP contribution in [-0.2, 0) is 22.6 Å². The molecule has 0 aliphatic carbocycles. The fraction of sp³-hybridized carbons (Fsp3) is 0.278. The maximum absolute atomic E-state index is 12.3. The highest BCUT2D eigenvalue weighted by Crippen LogP contribution is 2.24. The number of benzene rings is 2. The van der Waals surface area contributed by atoms with Crippen LogP contribution in [0.3, 0.4) is 0 Å². The van der Waals surface area contributed by atoms with E-state index in [1.165, 1.54) is 0 Å². The Hall–Kier alpha value is -2.53. The van der Waals surface area contributed by atoms with Crippen LogP contribution in [0.15, 0.2) is 42.5 Å². The molecule has 23 heavy (non-hydrogen) atoms. The molecule has 0 aliphatic heterocycles. The number of anilines is 1. The molecule has 122 valence electrons. The molecular weight excluding hydrogens is 294 g/mol. The maximum Gasteiger partial charge on any atom is 0.228 e. The summed E-state index contributed by atoms with van der Waals surface area (Å²) in [6, 6.07) is 13.0. The molecule has 5 heteroatoms. The highest BCUT2D eigenvalue weighted by atomic mass is 16.5. The molecule has 0 saturated carbocycles. The summed E-state index contributed by atoms with van der Waals surface area (Å²) in [6.07, 6.45) is 0.203. The van der Waals surface area contributed by atoms with Crippen LogP contribution in [-0.4, -0.2) is 27.2 Å². The molecule has 1 amide bonds. The molecule has 2 aromatic rings. The Balaban J connectivity index is 2.09. The highest BCUT2D eigenvalue weighted by Gasteiger charge is 2.11. The lowest BCUT2D eigenvalue weighted by Gasteiger charge is -2.11. The molecule has 0 aromatic heterocycles. The van der Waals surface area contributed by atoms with Crippen molar-refractivity contribution in [1.82, 2.24) is 0 Å². The first-order valence-corrected chi connectivity index (χ1v) is 7.25. The van der Waals surface area contributed by atoms with E-state index in [4.69, 9.17) is 14.2 Å². The summed E-state index contributed by atoms with van der Waals surface area (Å²) in [6.45, 7) is 0.507. The van der Waals surface area contributed by atoms with Gasteiger partial charge in [0.15, 0.2) is 0 Å². The Morgan fingerprint density at radius 2 is 1.87 bits per heavy atom. The van der Waals surface area contributed by atoms with Crippen LogP contribution in [0.5, 0.6) is 11.5 Å². The van der Waals surface area contributed by atoms with Gasteiger partial charge in [-0.2, -0.15) is 0 Å². The Morgan fingerprint density at radius 1 is 1.04 bits per heavy atom. The smallest absolute Gasteiger partial charge is 0.228 e. The van der Waals surface area contributed by atoms with Crippen molar-refractivity contribution < 1.29 is 19.0 Å². The van der Waals surface area contributed by atoms with Crippen molar-refractivity contribution in [2.24, 2.45) is 0 Å². The molecule has 0 radical (unpaired) electrons.